The van der Waals surface area contributed by atoms with Gasteiger partial charge in [-0.2, -0.15) is 5.26 Å². The molecule has 1 heterocycles. The van der Waals surface area contributed by atoms with Crippen molar-refractivity contribution in [3.8, 4) is 6.07 Å². The molecule has 1 fully saturated rings. The molecule has 0 aromatic carbocycles. The van der Waals surface area contributed by atoms with Gasteiger partial charge in [0.15, 0.2) is 0 Å². The van der Waals surface area contributed by atoms with Gasteiger partial charge in [-0.1, -0.05) is 0 Å². The summed E-state index contributed by atoms with van der Waals surface area (Å²) in [6, 6.07) is 2.20. The molecular formula is C10H19N3. The van der Waals surface area contributed by atoms with Crippen LogP contribution in [0.25, 0.3) is 0 Å². The molecule has 0 unspecified atom stereocenters. The highest BCUT2D eigenvalue weighted by atomic mass is 15.1. The van der Waals surface area contributed by atoms with E-state index in [2.05, 4.69) is 16.3 Å². The predicted molar refractivity (Wildman–Crippen MR) is 53.3 cm³/mol. The van der Waals surface area contributed by atoms with Crippen molar-refractivity contribution in [3.63, 3.8) is 0 Å². The highest BCUT2D eigenvalue weighted by Gasteiger charge is 2.17. The standard InChI is InChI=1S/C10H19N3/c1-12-9-10-3-7-13(8-4-10)6-2-5-11/h10,12H,2-4,6-9H2,1H3. The summed E-state index contributed by atoms with van der Waals surface area (Å²) in [5.74, 6) is 0.850. The second-order valence-corrected chi connectivity index (χ2v) is 3.75. The third-order valence-corrected chi connectivity index (χ3v) is 2.74. The van der Waals surface area contributed by atoms with Crippen molar-refractivity contribution in [2.75, 3.05) is 33.2 Å². The Balaban J connectivity index is 2.12. The van der Waals surface area contributed by atoms with E-state index in [9.17, 15) is 0 Å². The summed E-state index contributed by atoms with van der Waals surface area (Å²) in [5.41, 5.74) is 0. The Kier molecular flexibility index (Phi) is 4.81. The molecule has 1 saturated heterocycles. The minimum absolute atomic E-state index is 0.677. The molecule has 0 saturated carbocycles. The van der Waals surface area contributed by atoms with Crippen LogP contribution in [0.4, 0.5) is 0 Å². The van der Waals surface area contributed by atoms with Crippen LogP contribution in [-0.2, 0) is 0 Å². The molecule has 0 aromatic heterocycles. The molecule has 0 aromatic rings. The van der Waals surface area contributed by atoms with E-state index in [0.29, 0.717) is 6.42 Å². The van der Waals surface area contributed by atoms with Gasteiger partial charge >= 0.3 is 0 Å². The van der Waals surface area contributed by atoms with Gasteiger partial charge in [0.1, 0.15) is 0 Å². The smallest absolute Gasteiger partial charge is 0.0635 e. The number of nitrogens with zero attached hydrogens (tertiary/aromatic N) is 2. The van der Waals surface area contributed by atoms with Crippen LogP contribution in [0.5, 0.6) is 0 Å². The van der Waals surface area contributed by atoms with Crippen LogP contribution in [0.3, 0.4) is 0 Å². The number of hydrogen-bond donors (Lipinski definition) is 1. The molecule has 3 heteroatoms. The number of rotatable bonds is 4. The lowest BCUT2D eigenvalue weighted by atomic mass is 9.97. The summed E-state index contributed by atoms with van der Waals surface area (Å²) in [6.07, 6.45) is 3.25. The van der Waals surface area contributed by atoms with Crippen LogP contribution in [0.1, 0.15) is 19.3 Å². The van der Waals surface area contributed by atoms with Crippen molar-refractivity contribution in [1.29, 1.82) is 5.26 Å². The van der Waals surface area contributed by atoms with Crippen molar-refractivity contribution < 1.29 is 0 Å². The van der Waals surface area contributed by atoms with Gasteiger partial charge in [0.25, 0.3) is 0 Å². The topological polar surface area (TPSA) is 39.1 Å². The molecular weight excluding hydrogens is 162 g/mol. The SMILES string of the molecule is CNCC1CCN(CCC#N)CC1. The Morgan fingerprint density at radius 2 is 2.15 bits per heavy atom. The molecule has 1 N–H and O–H groups in total. The highest BCUT2D eigenvalue weighted by molar-refractivity contribution is 4.77. The second kappa shape index (κ2) is 5.95. The number of likely N-dealkylation sites (tertiary alicyclic amines) is 1. The van der Waals surface area contributed by atoms with Gasteiger partial charge in [-0.05, 0) is 45.4 Å². The van der Waals surface area contributed by atoms with E-state index in [0.717, 1.165) is 19.0 Å². The first-order valence-corrected chi connectivity index (χ1v) is 5.10. The third-order valence-electron chi connectivity index (χ3n) is 2.74. The molecule has 0 radical (unpaired) electrons. The molecule has 1 rings (SSSR count). The minimum atomic E-state index is 0.677. The van der Waals surface area contributed by atoms with E-state index in [1.807, 2.05) is 7.05 Å². The fourth-order valence-corrected chi connectivity index (χ4v) is 1.91. The molecule has 0 aliphatic carbocycles. The maximum absolute atomic E-state index is 8.45. The zero-order valence-corrected chi connectivity index (χ0v) is 8.42. The Bertz CT molecular complexity index is 165. The Hall–Kier alpha value is -0.590. The van der Waals surface area contributed by atoms with Gasteiger partial charge in [-0.25, -0.2) is 0 Å². The number of hydrogen-bond acceptors (Lipinski definition) is 3. The Morgan fingerprint density at radius 3 is 2.69 bits per heavy atom. The molecule has 0 bridgehead atoms. The van der Waals surface area contributed by atoms with Gasteiger partial charge in [-0.3, -0.25) is 0 Å². The quantitative estimate of drug-likeness (QED) is 0.698. The average Bonchev–Trinajstić information content (AvgIpc) is 2.17. The largest absolute Gasteiger partial charge is 0.319 e. The molecule has 0 amide bonds. The summed E-state index contributed by atoms with van der Waals surface area (Å²) in [6.45, 7) is 4.46. The lowest BCUT2D eigenvalue weighted by Gasteiger charge is -2.31. The van der Waals surface area contributed by atoms with Gasteiger partial charge < -0.3 is 10.2 Å². The Labute approximate surface area is 80.7 Å². The maximum atomic E-state index is 8.45. The van der Waals surface area contributed by atoms with Gasteiger partial charge in [-0.15, -0.1) is 0 Å². The van der Waals surface area contributed by atoms with Gasteiger partial charge in [0, 0.05) is 13.0 Å². The number of piperidine rings is 1. The van der Waals surface area contributed by atoms with E-state index in [1.165, 1.54) is 25.9 Å². The zero-order valence-electron chi connectivity index (χ0n) is 8.42. The monoisotopic (exact) mass is 181 g/mol. The van der Waals surface area contributed by atoms with Crippen LogP contribution in [-0.4, -0.2) is 38.1 Å². The van der Waals surface area contributed by atoms with Gasteiger partial charge in [0.2, 0.25) is 0 Å². The summed E-state index contributed by atoms with van der Waals surface area (Å²) < 4.78 is 0. The van der Waals surface area contributed by atoms with Crippen LogP contribution < -0.4 is 5.32 Å². The highest BCUT2D eigenvalue weighted by Crippen LogP contribution is 2.15. The zero-order chi connectivity index (χ0) is 9.52. The first-order chi connectivity index (χ1) is 6.36. The summed E-state index contributed by atoms with van der Waals surface area (Å²) in [7, 11) is 2.02. The minimum Gasteiger partial charge on any atom is -0.319 e. The first-order valence-electron chi connectivity index (χ1n) is 5.10. The molecule has 0 atom stereocenters. The number of nitriles is 1. The van der Waals surface area contributed by atoms with E-state index >= 15 is 0 Å². The van der Waals surface area contributed by atoms with Crippen molar-refractivity contribution >= 4 is 0 Å². The Morgan fingerprint density at radius 1 is 1.46 bits per heavy atom. The molecule has 13 heavy (non-hydrogen) atoms. The van der Waals surface area contributed by atoms with E-state index in [4.69, 9.17) is 5.26 Å². The van der Waals surface area contributed by atoms with Crippen LogP contribution >= 0.6 is 0 Å². The third kappa shape index (κ3) is 3.75. The molecule has 0 spiro atoms. The van der Waals surface area contributed by atoms with Crippen molar-refractivity contribution in [1.82, 2.24) is 10.2 Å². The summed E-state index contributed by atoms with van der Waals surface area (Å²) in [4.78, 5) is 2.40. The van der Waals surface area contributed by atoms with Gasteiger partial charge in [0.05, 0.1) is 6.07 Å². The van der Waals surface area contributed by atoms with Crippen LogP contribution in [0.2, 0.25) is 0 Å². The predicted octanol–water partition coefficient (Wildman–Crippen LogP) is 0.831. The fraction of sp³-hybridized carbons (Fsp3) is 0.900. The molecule has 74 valence electrons. The lowest BCUT2D eigenvalue weighted by molar-refractivity contribution is 0.187. The van der Waals surface area contributed by atoms with E-state index in [-0.39, 0.29) is 0 Å². The van der Waals surface area contributed by atoms with Crippen molar-refractivity contribution in [3.05, 3.63) is 0 Å². The maximum Gasteiger partial charge on any atom is 0.0635 e. The second-order valence-electron chi connectivity index (χ2n) is 3.75. The van der Waals surface area contributed by atoms with E-state index < -0.39 is 0 Å². The van der Waals surface area contributed by atoms with Crippen molar-refractivity contribution in [2.45, 2.75) is 19.3 Å². The normalized spacial score (nSPS) is 20.0. The molecule has 1 aliphatic rings. The summed E-state index contributed by atoms with van der Waals surface area (Å²) in [5, 5.41) is 11.7. The molecule has 1 aliphatic heterocycles. The average molecular weight is 181 g/mol. The lowest BCUT2D eigenvalue weighted by Crippen LogP contribution is -2.37. The summed E-state index contributed by atoms with van der Waals surface area (Å²) >= 11 is 0. The van der Waals surface area contributed by atoms with E-state index in [1.54, 1.807) is 0 Å². The number of nitrogens with one attached hydrogen (secondary N) is 1. The fourth-order valence-electron chi connectivity index (χ4n) is 1.91. The first kappa shape index (κ1) is 10.5. The van der Waals surface area contributed by atoms with Crippen molar-refractivity contribution in [2.24, 2.45) is 5.92 Å². The van der Waals surface area contributed by atoms with Crippen LogP contribution in [0, 0.1) is 17.2 Å². The molecule has 3 nitrogen and oxygen atoms in total. The van der Waals surface area contributed by atoms with Crippen LogP contribution in [0.15, 0.2) is 0 Å².